The molecule has 17 heavy (non-hydrogen) atoms. The summed E-state index contributed by atoms with van der Waals surface area (Å²) in [6, 6.07) is 4.64. The molecule has 3 rings (SSSR count). The van der Waals surface area contributed by atoms with Gasteiger partial charge in [0, 0.05) is 30.5 Å². The molecule has 2 aliphatic rings. The highest BCUT2D eigenvalue weighted by molar-refractivity contribution is 5.24. The van der Waals surface area contributed by atoms with Crippen LogP contribution in [0.1, 0.15) is 24.1 Å². The largest absolute Gasteiger partial charge is 0.380 e. The number of fused-ring (bicyclic) bond motifs is 1. The predicted molar refractivity (Wildman–Crippen MR) is 65.2 cm³/mol. The number of H-pyrrole nitrogens is 1. The van der Waals surface area contributed by atoms with Gasteiger partial charge in [0.05, 0.1) is 6.61 Å². The molecule has 1 aromatic heterocycles. The first-order valence-corrected chi connectivity index (χ1v) is 6.36. The van der Waals surface area contributed by atoms with E-state index in [1.54, 1.807) is 6.07 Å². The van der Waals surface area contributed by atoms with Crippen LogP contribution in [0.5, 0.6) is 0 Å². The number of aryl methyl sites for hydroxylation is 1. The minimum absolute atomic E-state index is 0.0133. The smallest absolute Gasteiger partial charge is 0.248 e. The minimum Gasteiger partial charge on any atom is -0.380 e. The van der Waals surface area contributed by atoms with Crippen molar-refractivity contribution in [2.75, 3.05) is 13.2 Å². The van der Waals surface area contributed by atoms with E-state index in [4.69, 9.17) is 4.74 Å². The molecule has 0 radical (unpaired) electrons. The maximum Gasteiger partial charge on any atom is 0.248 e. The number of hydrogen-bond donors (Lipinski definition) is 2. The van der Waals surface area contributed by atoms with Crippen LogP contribution in [0.3, 0.4) is 0 Å². The average molecular weight is 234 g/mol. The third kappa shape index (κ3) is 2.42. The number of pyridine rings is 1. The summed E-state index contributed by atoms with van der Waals surface area (Å²) in [6.45, 7) is 1.73. The number of nitrogens with one attached hydrogen (secondary N) is 2. The molecule has 4 heteroatoms. The summed E-state index contributed by atoms with van der Waals surface area (Å²) < 4.78 is 5.37. The van der Waals surface area contributed by atoms with Crippen molar-refractivity contribution in [1.82, 2.24) is 10.3 Å². The van der Waals surface area contributed by atoms with Gasteiger partial charge >= 0.3 is 0 Å². The van der Waals surface area contributed by atoms with Crippen molar-refractivity contribution in [1.29, 1.82) is 0 Å². The first-order valence-electron chi connectivity index (χ1n) is 6.36. The lowest BCUT2D eigenvalue weighted by atomic mass is 9.91. The van der Waals surface area contributed by atoms with Gasteiger partial charge in [-0.25, -0.2) is 0 Å². The average Bonchev–Trinajstić information content (AvgIpc) is 2.82. The number of ether oxygens (including phenoxy) is 1. The Kier molecular flexibility index (Phi) is 2.99. The Morgan fingerprint density at radius 3 is 3.06 bits per heavy atom. The van der Waals surface area contributed by atoms with Gasteiger partial charge in [-0.15, -0.1) is 0 Å². The molecular weight excluding hydrogens is 216 g/mol. The molecule has 2 atom stereocenters. The monoisotopic (exact) mass is 234 g/mol. The predicted octanol–water partition coefficient (Wildman–Crippen LogP) is 0.611. The summed E-state index contributed by atoms with van der Waals surface area (Å²) in [4.78, 5) is 14.1. The fraction of sp³-hybridized carbons (Fsp3) is 0.615. The van der Waals surface area contributed by atoms with Crippen LogP contribution in [-0.4, -0.2) is 30.3 Å². The first kappa shape index (κ1) is 11.0. The molecule has 2 heterocycles. The molecule has 4 nitrogen and oxygen atoms in total. The lowest BCUT2D eigenvalue weighted by molar-refractivity contribution is 0.187. The molecule has 0 unspecified atom stereocenters. The zero-order chi connectivity index (χ0) is 11.7. The maximum absolute atomic E-state index is 11.2. The van der Waals surface area contributed by atoms with Crippen LogP contribution < -0.4 is 10.9 Å². The second kappa shape index (κ2) is 4.63. The lowest BCUT2D eigenvalue weighted by Gasteiger charge is -2.27. The Hall–Kier alpha value is -1.13. The number of hydrogen-bond acceptors (Lipinski definition) is 3. The molecule has 2 N–H and O–H groups in total. The molecule has 1 aromatic rings. The standard InChI is InChI=1S/C13H18N2O2/c16-13-4-1-9-7-10(2-3-12(9)15-13)14-11-5-6-17-8-11/h1,4,10-11,14H,2-3,5-8H2,(H,15,16)/t10-,11-/m0/s1. The molecule has 0 spiro atoms. The molecule has 1 aliphatic carbocycles. The second-order valence-corrected chi connectivity index (χ2v) is 4.99. The topological polar surface area (TPSA) is 54.1 Å². The van der Waals surface area contributed by atoms with Crippen molar-refractivity contribution in [2.45, 2.75) is 37.8 Å². The zero-order valence-electron chi connectivity index (χ0n) is 9.87. The van der Waals surface area contributed by atoms with Gasteiger partial charge in [0.1, 0.15) is 0 Å². The number of rotatable bonds is 2. The van der Waals surface area contributed by atoms with Crippen molar-refractivity contribution >= 4 is 0 Å². The summed E-state index contributed by atoms with van der Waals surface area (Å²) in [5.41, 5.74) is 2.42. The molecule has 0 saturated carbocycles. The third-order valence-electron chi connectivity index (χ3n) is 3.71. The van der Waals surface area contributed by atoms with Crippen LogP contribution in [-0.2, 0) is 17.6 Å². The lowest BCUT2D eigenvalue weighted by Crippen LogP contribution is -2.42. The van der Waals surface area contributed by atoms with Crippen LogP contribution in [0.25, 0.3) is 0 Å². The Bertz CT molecular complexity index is 449. The summed E-state index contributed by atoms with van der Waals surface area (Å²) in [5.74, 6) is 0. The first-order chi connectivity index (χ1) is 8.31. The van der Waals surface area contributed by atoms with Crippen LogP contribution in [0.2, 0.25) is 0 Å². The highest BCUT2D eigenvalue weighted by atomic mass is 16.5. The highest BCUT2D eigenvalue weighted by Gasteiger charge is 2.23. The van der Waals surface area contributed by atoms with Crippen LogP contribution in [0.15, 0.2) is 16.9 Å². The zero-order valence-corrected chi connectivity index (χ0v) is 9.87. The second-order valence-electron chi connectivity index (χ2n) is 4.99. The summed E-state index contributed by atoms with van der Waals surface area (Å²) in [5, 5.41) is 3.66. The van der Waals surface area contributed by atoms with Crippen LogP contribution >= 0.6 is 0 Å². The van der Waals surface area contributed by atoms with Crippen molar-refractivity contribution in [2.24, 2.45) is 0 Å². The van der Waals surface area contributed by atoms with Gasteiger partial charge in [-0.2, -0.15) is 0 Å². The summed E-state index contributed by atoms with van der Waals surface area (Å²) >= 11 is 0. The molecule has 0 aromatic carbocycles. The molecule has 1 saturated heterocycles. The van der Waals surface area contributed by atoms with Gasteiger partial charge in [0.25, 0.3) is 0 Å². The SMILES string of the molecule is O=c1ccc2c([nH]1)CC[C@H](N[C@H]1CCOC1)C2. The summed E-state index contributed by atoms with van der Waals surface area (Å²) in [7, 11) is 0. The summed E-state index contributed by atoms with van der Waals surface area (Å²) in [6.07, 6.45) is 4.21. The molecule has 92 valence electrons. The Balaban J connectivity index is 1.67. The van der Waals surface area contributed by atoms with E-state index in [9.17, 15) is 4.79 Å². The van der Waals surface area contributed by atoms with Crippen molar-refractivity contribution in [3.05, 3.63) is 33.7 Å². The fourth-order valence-corrected chi connectivity index (χ4v) is 2.79. The van der Waals surface area contributed by atoms with E-state index in [1.165, 1.54) is 5.56 Å². The van der Waals surface area contributed by atoms with Crippen LogP contribution in [0, 0.1) is 0 Å². The quantitative estimate of drug-likeness (QED) is 0.788. The van der Waals surface area contributed by atoms with E-state index in [1.807, 2.05) is 6.07 Å². The minimum atomic E-state index is 0.0133. The van der Waals surface area contributed by atoms with E-state index < -0.39 is 0 Å². The van der Waals surface area contributed by atoms with E-state index in [0.29, 0.717) is 12.1 Å². The van der Waals surface area contributed by atoms with Crippen LogP contribution in [0.4, 0.5) is 0 Å². The van der Waals surface area contributed by atoms with E-state index in [0.717, 1.165) is 44.6 Å². The molecule has 1 aliphatic heterocycles. The number of aromatic amines is 1. The van der Waals surface area contributed by atoms with Gasteiger partial charge < -0.3 is 15.0 Å². The van der Waals surface area contributed by atoms with E-state index >= 15 is 0 Å². The molecular formula is C13H18N2O2. The van der Waals surface area contributed by atoms with Crippen molar-refractivity contribution in [3.8, 4) is 0 Å². The molecule has 0 amide bonds. The van der Waals surface area contributed by atoms with E-state index in [-0.39, 0.29) is 5.56 Å². The number of aromatic nitrogens is 1. The van der Waals surface area contributed by atoms with Gasteiger partial charge in [-0.3, -0.25) is 4.79 Å². The van der Waals surface area contributed by atoms with Crippen molar-refractivity contribution < 1.29 is 4.74 Å². The van der Waals surface area contributed by atoms with Crippen molar-refractivity contribution in [3.63, 3.8) is 0 Å². The fourth-order valence-electron chi connectivity index (χ4n) is 2.79. The molecule has 1 fully saturated rings. The van der Waals surface area contributed by atoms with Gasteiger partial charge in [-0.1, -0.05) is 6.07 Å². The highest BCUT2D eigenvalue weighted by Crippen LogP contribution is 2.19. The maximum atomic E-state index is 11.2. The normalized spacial score (nSPS) is 28.0. The molecule has 0 bridgehead atoms. The van der Waals surface area contributed by atoms with Gasteiger partial charge in [-0.05, 0) is 31.2 Å². The van der Waals surface area contributed by atoms with E-state index in [2.05, 4.69) is 10.3 Å². The Morgan fingerprint density at radius 2 is 2.24 bits per heavy atom. The van der Waals surface area contributed by atoms with Gasteiger partial charge in [0.2, 0.25) is 5.56 Å². The van der Waals surface area contributed by atoms with Gasteiger partial charge in [0.15, 0.2) is 0 Å². The third-order valence-corrected chi connectivity index (χ3v) is 3.71. The Labute approximate surface area is 100 Å². The Morgan fingerprint density at radius 1 is 1.29 bits per heavy atom.